The lowest BCUT2D eigenvalue weighted by molar-refractivity contribution is 0.0985. The third-order valence-electron chi connectivity index (χ3n) is 3.09. The molecule has 0 radical (unpaired) electrons. The molecule has 0 bridgehead atoms. The molecular formula is C14H11NO3S. The first-order chi connectivity index (χ1) is 8.97. The predicted octanol–water partition coefficient (Wildman–Crippen LogP) is 2.09. The molecule has 0 aromatic heterocycles. The average Bonchev–Trinajstić information content (AvgIpc) is 2.59. The lowest BCUT2D eigenvalue weighted by Gasteiger charge is -2.04. The van der Waals surface area contributed by atoms with Crippen molar-refractivity contribution in [3.8, 4) is 11.1 Å². The van der Waals surface area contributed by atoms with E-state index in [1.54, 1.807) is 12.1 Å². The maximum atomic E-state index is 11.6. The van der Waals surface area contributed by atoms with Gasteiger partial charge in [0.2, 0.25) is 0 Å². The Bertz CT molecular complexity index is 794. The number of sulfonamides is 1. The minimum absolute atomic E-state index is 0.0499. The van der Waals surface area contributed by atoms with Crippen LogP contribution in [0.3, 0.4) is 0 Å². The summed E-state index contributed by atoms with van der Waals surface area (Å²) >= 11 is 0. The van der Waals surface area contributed by atoms with Crippen LogP contribution in [-0.2, 0) is 10.0 Å². The summed E-state index contributed by atoms with van der Waals surface area (Å²) in [6, 6.07) is 12.6. The van der Waals surface area contributed by atoms with Gasteiger partial charge in [0.15, 0.2) is 0 Å². The largest absolute Gasteiger partial charge is 0.268 e. The molecule has 0 unspecified atom stereocenters. The minimum Gasteiger partial charge on any atom is -0.268 e. The third kappa shape index (κ3) is 1.92. The van der Waals surface area contributed by atoms with Gasteiger partial charge in [0.05, 0.1) is 5.56 Å². The van der Waals surface area contributed by atoms with E-state index in [0.717, 1.165) is 16.7 Å². The van der Waals surface area contributed by atoms with Gasteiger partial charge in [-0.1, -0.05) is 35.9 Å². The molecule has 96 valence electrons. The Labute approximate surface area is 111 Å². The summed E-state index contributed by atoms with van der Waals surface area (Å²) in [7, 11) is -3.66. The van der Waals surface area contributed by atoms with Crippen LogP contribution >= 0.6 is 0 Å². The number of hydrogen-bond acceptors (Lipinski definition) is 3. The van der Waals surface area contributed by atoms with Crippen molar-refractivity contribution in [3.05, 3.63) is 53.6 Å². The smallest absolute Gasteiger partial charge is 0.266 e. The van der Waals surface area contributed by atoms with Crippen LogP contribution in [0.1, 0.15) is 15.9 Å². The fraction of sp³-hybridized carbons (Fsp3) is 0.0714. The highest BCUT2D eigenvalue weighted by molar-refractivity contribution is 7.90. The molecular weight excluding hydrogens is 262 g/mol. The van der Waals surface area contributed by atoms with Gasteiger partial charge in [0, 0.05) is 0 Å². The number of amides is 1. The van der Waals surface area contributed by atoms with Gasteiger partial charge in [-0.05, 0) is 30.2 Å². The van der Waals surface area contributed by atoms with Crippen molar-refractivity contribution in [2.45, 2.75) is 11.8 Å². The second-order valence-electron chi connectivity index (χ2n) is 4.52. The number of benzene rings is 2. The zero-order chi connectivity index (χ0) is 13.6. The Morgan fingerprint density at radius 2 is 1.74 bits per heavy atom. The molecule has 2 aromatic rings. The van der Waals surface area contributed by atoms with Gasteiger partial charge in [0.1, 0.15) is 4.90 Å². The number of aryl methyl sites for hydroxylation is 1. The SMILES string of the molecule is Cc1cccc(-c2ccc3c(c2)C(=O)NS3(=O)=O)c1. The molecule has 1 heterocycles. The van der Waals surface area contributed by atoms with E-state index in [1.807, 2.05) is 35.9 Å². The van der Waals surface area contributed by atoms with Crippen LogP contribution in [0.25, 0.3) is 11.1 Å². The van der Waals surface area contributed by atoms with Crippen molar-refractivity contribution in [2.75, 3.05) is 0 Å². The van der Waals surface area contributed by atoms with Gasteiger partial charge in [0.25, 0.3) is 15.9 Å². The van der Waals surface area contributed by atoms with E-state index < -0.39 is 15.9 Å². The Morgan fingerprint density at radius 3 is 2.47 bits per heavy atom. The number of fused-ring (bicyclic) bond motifs is 1. The first-order valence-corrected chi connectivity index (χ1v) is 7.24. The van der Waals surface area contributed by atoms with Crippen molar-refractivity contribution >= 4 is 15.9 Å². The Hall–Kier alpha value is -2.14. The molecule has 1 aliphatic rings. The molecule has 0 saturated heterocycles. The third-order valence-corrected chi connectivity index (χ3v) is 4.48. The summed E-state index contributed by atoms with van der Waals surface area (Å²) in [5.74, 6) is -0.565. The molecule has 1 amide bonds. The van der Waals surface area contributed by atoms with Gasteiger partial charge in [-0.15, -0.1) is 0 Å². The van der Waals surface area contributed by atoms with Crippen LogP contribution in [0.2, 0.25) is 0 Å². The summed E-state index contributed by atoms with van der Waals surface area (Å²) in [6.45, 7) is 1.98. The minimum atomic E-state index is -3.66. The molecule has 0 spiro atoms. The van der Waals surface area contributed by atoms with Crippen molar-refractivity contribution in [1.29, 1.82) is 0 Å². The summed E-state index contributed by atoms with van der Waals surface area (Å²) in [5, 5.41) is 0. The lowest BCUT2D eigenvalue weighted by Crippen LogP contribution is -2.20. The summed E-state index contributed by atoms with van der Waals surface area (Å²) in [5.41, 5.74) is 3.10. The molecule has 0 saturated carbocycles. The van der Waals surface area contributed by atoms with E-state index >= 15 is 0 Å². The van der Waals surface area contributed by atoms with E-state index in [2.05, 4.69) is 0 Å². The van der Waals surface area contributed by atoms with Gasteiger partial charge in [-0.2, -0.15) is 0 Å². The lowest BCUT2D eigenvalue weighted by atomic mass is 10.0. The highest BCUT2D eigenvalue weighted by Gasteiger charge is 2.32. The molecule has 1 N–H and O–H groups in total. The number of carbonyl (C=O) groups excluding carboxylic acids is 1. The van der Waals surface area contributed by atoms with Crippen LogP contribution < -0.4 is 4.72 Å². The highest BCUT2D eigenvalue weighted by Crippen LogP contribution is 2.28. The first kappa shape index (κ1) is 11.9. The first-order valence-electron chi connectivity index (χ1n) is 5.76. The monoisotopic (exact) mass is 273 g/mol. The molecule has 1 aliphatic heterocycles. The second-order valence-corrected chi connectivity index (χ2v) is 6.17. The number of rotatable bonds is 1. The van der Waals surface area contributed by atoms with E-state index in [0.29, 0.717) is 0 Å². The number of carbonyl (C=O) groups is 1. The van der Waals surface area contributed by atoms with Crippen LogP contribution in [0, 0.1) is 6.92 Å². The maximum Gasteiger partial charge on any atom is 0.266 e. The summed E-state index contributed by atoms with van der Waals surface area (Å²) < 4.78 is 25.2. The molecule has 0 aliphatic carbocycles. The summed E-state index contributed by atoms with van der Waals surface area (Å²) in [6.07, 6.45) is 0. The van der Waals surface area contributed by atoms with Crippen molar-refractivity contribution in [1.82, 2.24) is 4.72 Å². The van der Waals surface area contributed by atoms with Crippen LogP contribution in [0.5, 0.6) is 0 Å². The van der Waals surface area contributed by atoms with Crippen molar-refractivity contribution in [3.63, 3.8) is 0 Å². The standard InChI is InChI=1S/C14H11NO3S/c1-9-3-2-4-10(7-9)11-5-6-13-12(8-11)14(16)15-19(13,17)18/h2-8H,1H3,(H,15,16). The molecule has 0 atom stereocenters. The van der Waals surface area contributed by atoms with Gasteiger partial charge in [-0.25, -0.2) is 13.1 Å². The number of nitrogens with one attached hydrogen (secondary N) is 1. The van der Waals surface area contributed by atoms with Gasteiger partial charge in [-0.3, -0.25) is 4.79 Å². The zero-order valence-corrected chi connectivity index (χ0v) is 11.0. The zero-order valence-electron chi connectivity index (χ0n) is 10.2. The molecule has 0 fully saturated rings. The maximum absolute atomic E-state index is 11.6. The number of hydrogen-bond donors (Lipinski definition) is 1. The fourth-order valence-corrected chi connectivity index (χ4v) is 3.33. The normalized spacial score (nSPS) is 15.9. The van der Waals surface area contributed by atoms with E-state index in [-0.39, 0.29) is 10.5 Å². The summed E-state index contributed by atoms with van der Waals surface area (Å²) in [4.78, 5) is 11.7. The fourth-order valence-electron chi connectivity index (χ4n) is 2.18. The molecule has 4 nitrogen and oxygen atoms in total. The molecule has 2 aromatic carbocycles. The predicted molar refractivity (Wildman–Crippen MR) is 71.3 cm³/mol. The quantitative estimate of drug-likeness (QED) is 0.865. The average molecular weight is 273 g/mol. The van der Waals surface area contributed by atoms with E-state index in [1.165, 1.54) is 6.07 Å². The van der Waals surface area contributed by atoms with Crippen LogP contribution in [0.4, 0.5) is 0 Å². The Kier molecular flexibility index (Phi) is 2.46. The van der Waals surface area contributed by atoms with Crippen molar-refractivity contribution < 1.29 is 13.2 Å². The molecule has 5 heteroatoms. The van der Waals surface area contributed by atoms with E-state index in [9.17, 15) is 13.2 Å². The Balaban J connectivity index is 2.18. The highest BCUT2D eigenvalue weighted by atomic mass is 32.2. The topological polar surface area (TPSA) is 63.2 Å². The molecule has 3 rings (SSSR count). The molecule has 19 heavy (non-hydrogen) atoms. The second kappa shape index (κ2) is 3.93. The Morgan fingerprint density at radius 1 is 1.00 bits per heavy atom. The van der Waals surface area contributed by atoms with Crippen molar-refractivity contribution in [2.24, 2.45) is 0 Å². The van der Waals surface area contributed by atoms with Crippen LogP contribution in [-0.4, -0.2) is 14.3 Å². The van der Waals surface area contributed by atoms with Gasteiger partial charge >= 0.3 is 0 Å². The van der Waals surface area contributed by atoms with Gasteiger partial charge < -0.3 is 0 Å². The van der Waals surface area contributed by atoms with E-state index in [4.69, 9.17) is 0 Å². The van der Waals surface area contributed by atoms with Crippen LogP contribution in [0.15, 0.2) is 47.4 Å².